The van der Waals surface area contributed by atoms with Gasteiger partial charge in [-0.1, -0.05) is 54.2 Å². The first-order chi connectivity index (χ1) is 18.8. The Labute approximate surface area is 228 Å². The van der Waals surface area contributed by atoms with Crippen LogP contribution in [-0.4, -0.2) is 40.8 Å². The Morgan fingerprint density at radius 1 is 1.08 bits per heavy atom. The molecule has 0 aliphatic rings. The molecule has 0 aliphatic heterocycles. The SMILES string of the molecule is NS(=O)(=O)c1ccc(CCn2c(SCC(=O)N/N=C/c3cc4ccccc4[nH]3)nc3ccccc3c2=O)cc1. The van der Waals surface area contributed by atoms with Gasteiger partial charge in [-0.3, -0.25) is 14.2 Å². The molecule has 198 valence electrons. The van der Waals surface area contributed by atoms with Crippen molar-refractivity contribution in [1.29, 1.82) is 0 Å². The number of primary sulfonamides is 1. The molecule has 0 saturated carbocycles. The van der Waals surface area contributed by atoms with E-state index in [2.05, 4.69) is 20.5 Å². The fraction of sp³-hybridized carbons (Fsp3) is 0.111. The molecule has 0 bridgehead atoms. The Morgan fingerprint density at radius 2 is 1.82 bits per heavy atom. The van der Waals surface area contributed by atoms with Crippen LogP contribution >= 0.6 is 11.8 Å². The van der Waals surface area contributed by atoms with Gasteiger partial charge in [0, 0.05) is 17.4 Å². The third-order valence-corrected chi connectivity index (χ3v) is 7.88. The number of sulfonamides is 1. The summed E-state index contributed by atoms with van der Waals surface area (Å²) in [5, 5.41) is 11.1. The molecular formula is C27H24N6O4S2. The molecule has 0 atom stereocenters. The Balaban J connectivity index is 1.29. The van der Waals surface area contributed by atoms with Crippen molar-refractivity contribution in [2.45, 2.75) is 23.0 Å². The highest BCUT2D eigenvalue weighted by molar-refractivity contribution is 7.99. The third-order valence-electron chi connectivity index (χ3n) is 5.98. The van der Waals surface area contributed by atoms with E-state index in [1.54, 1.807) is 36.4 Å². The number of hydrogen-bond acceptors (Lipinski definition) is 7. The number of para-hydroxylation sites is 2. The molecule has 0 saturated heterocycles. The van der Waals surface area contributed by atoms with Crippen molar-refractivity contribution in [3.8, 4) is 0 Å². The number of carbonyl (C=O) groups is 1. The molecule has 5 rings (SSSR count). The number of rotatable bonds is 9. The highest BCUT2D eigenvalue weighted by Gasteiger charge is 2.14. The van der Waals surface area contributed by atoms with Crippen LogP contribution in [0.15, 0.2) is 98.8 Å². The molecule has 5 aromatic rings. The zero-order chi connectivity index (χ0) is 27.4. The van der Waals surface area contributed by atoms with E-state index in [1.165, 1.54) is 22.9 Å². The van der Waals surface area contributed by atoms with Gasteiger partial charge in [-0.05, 0) is 48.4 Å². The predicted octanol–water partition coefficient (Wildman–Crippen LogP) is 3.01. The summed E-state index contributed by atoms with van der Waals surface area (Å²) in [7, 11) is -3.79. The summed E-state index contributed by atoms with van der Waals surface area (Å²) >= 11 is 1.14. The number of fused-ring (bicyclic) bond motifs is 2. The van der Waals surface area contributed by atoms with Gasteiger partial charge in [0.15, 0.2) is 5.16 Å². The lowest BCUT2D eigenvalue weighted by molar-refractivity contribution is -0.118. The van der Waals surface area contributed by atoms with Gasteiger partial charge in [0.2, 0.25) is 10.0 Å². The second-order valence-electron chi connectivity index (χ2n) is 8.70. The summed E-state index contributed by atoms with van der Waals surface area (Å²) in [6, 6.07) is 23.0. The molecule has 0 aliphatic carbocycles. The van der Waals surface area contributed by atoms with Gasteiger partial charge < -0.3 is 4.98 Å². The Bertz CT molecular complexity index is 1830. The van der Waals surface area contributed by atoms with Gasteiger partial charge in [0.25, 0.3) is 11.5 Å². The van der Waals surface area contributed by atoms with Gasteiger partial charge >= 0.3 is 0 Å². The Morgan fingerprint density at radius 3 is 2.59 bits per heavy atom. The minimum atomic E-state index is -3.79. The topological polar surface area (TPSA) is 152 Å². The van der Waals surface area contributed by atoms with E-state index in [9.17, 15) is 18.0 Å². The molecule has 10 nitrogen and oxygen atoms in total. The minimum Gasteiger partial charge on any atom is -0.354 e. The second kappa shape index (κ2) is 11.2. The zero-order valence-corrected chi connectivity index (χ0v) is 22.2. The second-order valence-corrected chi connectivity index (χ2v) is 11.2. The number of hydrazone groups is 1. The first-order valence-electron chi connectivity index (χ1n) is 11.9. The summed E-state index contributed by atoms with van der Waals surface area (Å²) < 4.78 is 24.6. The van der Waals surface area contributed by atoms with Crippen LogP contribution in [0.5, 0.6) is 0 Å². The van der Waals surface area contributed by atoms with E-state index in [0.717, 1.165) is 33.9 Å². The average molecular weight is 561 g/mol. The Hall–Kier alpha value is -4.26. The van der Waals surface area contributed by atoms with E-state index < -0.39 is 10.0 Å². The number of aryl methyl sites for hydroxylation is 1. The van der Waals surface area contributed by atoms with Crippen molar-refractivity contribution >= 4 is 55.7 Å². The molecule has 1 amide bonds. The maximum atomic E-state index is 13.3. The van der Waals surface area contributed by atoms with Crippen LogP contribution in [0, 0.1) is 0 Å². The van der Waals surface area contributed by atoms with Gasteiger partial charge in [-0.15, -0.1) is 0 Å². The number of benzene rings is 3. The van der Waals surface area contributed by atoms with Crippen molar-refractivity contribution in [3.63, 3.8) is 0 Å². The first-order valence-corrected chi connectivity index (χ1v) is 14.4. The Kier molecular flexibility index (Phi) is 7.59. The van der Waals surface area contributed by atoms with Crippen LogP contribution in [0.4, 0.5) is 0 Å². The lowest BCUT2D eigenvalue weighted by Crippen LogP contribution is -2.26. The summed E-state index contributed by atoms with van der Waals surface area (Å²) in [6.45, 7) is 0.286. The monoisotopic (exact) mass is 560 g/mol. The van der Waals surface area contributed by atoms with Crippen LogP contribution in [0.1, 0.15) is 11.3 Å². The number of hydrogen-bond donors (Lipinski definition) is 3. The molecule has 39 heavy (non-hydrogen) atoms. The lowest BCUT2D eigenvalue weighted by atomic mass is 10.1. The van der Waals surface area contributed by atoms with E-state index in [-0.39, 0.29) is 28.7 Å². The number of aromatic amines is 1. The number of carbonyl (C=O) groups excluding carboxylic acids is 1. The summed E-state index contributed by atoms with van der Waals surface area (Å²) in [5.41, 5.74) is 5.38. The quantitative estimate of drug-likeness (QED) is 0.109. The number of nitrogens with one attached hydrogen (secondary N) is 2. The zero-order valence-electron chi connectivity index (χ0n) is 20.6. The lowest BCUT2D eigenvalue weighted by Gasteiger charge is -2.13. The standard InChI is InChI=1S/C27H24N6O4S2/c28-39(36,37)21-11-9-18(10-12-21)13-14-33-26(35)22-6-2-4-8-24(22)31-27(33)38-17-25(34)32-29-16-20-15-19-5-1-3-7-23(19)30-20/h1-12,15-16,30H,13-14,17H2,(H,32,34)(H2,28,36,37)/b29-16+. The van der Waals surface area contributed by atoms with Crippen LogP contribution < -0.4 is 16.1 Å². The molecule has 12 heteroatoms. The third kappa shape index (κ3) is 6.25. The molecular weight excluding hydrogens is 536 g/mol. The van der Waals surface area contributed by atoms with Crippen LogP contribution in [-0.2, 0) is 27.8 Å². The number of amides is 1. The van der Waals surface area contributed by atoms with Gasteiger partial charge in [0.05, 0.1) is 33.5 Å². The molecule has 0 unspecified atom stereocenters. The molecule has 2 heterocycles. The van der Waals surface area contributed by atoms with E-state index in [0.29, 0.717) is 22.5 Å². The van der Waals surface area contributed by atoms with Gasteiger partial charge in [0.1, 0.15) is 0 Å². The maximum Gasteiger partial charge on any atom is 0.262 e. The first kappa shape index (κ1) is 26.4. The molecule has 0 radical (unpaired) electrons. The van der Waals surface area contributed by atoms with Crippen molar-refractivity contribution in [1.82, 2.24) is 20.0 Å². The van der Waals surface area contributed by atoms with Crippen molar-refractivity contribution in [3.05, 3.63) is 100 Å². The van der Waals surface area contributed by atoms with Crippen molar-refractivity contribution in [2.75, 3.05) is 5.75 Å². The fourth-order valence-corrected chi connectivity index (χ4v) is 5.38. The fourth-order valence-electron chi connectivity index (χ4n) is 4.04. The van der Waals surface area contributed by atoms with Gasteiger partial charge in [-0.25, -0.2) is 24.0 Å². The smallest absolute Gasteiger partial charge is 0.262 e. The van der Waals surface area contributed by atoms with Crippen molar-refractivity contribution in [2.24, 2.45) is 10.2 Å². The normalized spacial score (nSPS) is 11.9. The van der Waals surface area contributed by atoms with Crippen LogP contribution in [0.2, 0.25) is 0 Å². The minimum absolute atomic E-state index is 0.00210. The average Bonchev–Trinajstić information content (AvgIpc) is 3.34. The number of aromatic nitrogens is 3. The highest BCUT2D eigenvalue weighted by Crippen LogP contribution is 2.19. The van der Waals surface area contributed by atoms with Crippen LogP contribution in [0.3, 0.4) is 0 Å². The number of H-pyrrole nitrogens is 1. The predicted molar refractivity (Wildman–Crippen MR) is 152 cm³/mol. The molecule has 4 N–H and O–H groups in total. The number of nitrogens with zero attached hydrogens (tertiary/aromatic N) is 3. The van der Waals surface area contributed by atoms with E-state index in [4.69, 9.17) is 5.14 Å². The van der Waals surface area contributed by atoms with Crippen LogP contribution in [0.25, 0.3) is 21.8 Å². The van der Waals surface area contributed by atoms with E-state index in [1.807, 2.05) is 30.3 Å². The molecule has 0 fully saturated rings. The van der Waals surface area contributed by atoms with Crippen molar-refractivity contribution < 1.29 is 13.2 Å². The molecule has 2 aromatic heterocycles. The molecule has 3 aromatic carbocycles. The number of nitrogens with two attached hydrogens (primary N) is 1. The maximum absolute atomic E-state index is 13.3. The van der Waals surface area contributed by atoms with E-state index >= 15 is 0 Å². The largest absolute Gasteiger partial charge is 0.354 e. The highest BCUT2D eigenvalue weighted by atomic mass is 32.2. The summed E-state index contributed by atoms with van der Waals surface area (Å²) in [5.74, 6) is -0.349. The van der Waals surface area contributed by atoms with Gasteiger partial charge in [-0.2, -0.15) is 5.10 Å². The summed E-state index contributed by atoms with van der Waals surface area (Å²) in [6.07, 6.45) is 1.98. The number of thioether (sulfide) groups is 1. The molecule has 0 spiro atoms. The summed E-state index contributed by atoms with van der Waals surface area (Å²) in [4.78, 5) is 33.6.